The van der Waals surface area contributed by atoms with Crippen LogP contribution in [-0.4, -0.2) is 431 Å². The predicted octanol–water partition coefficient (Wildman–Crippen LogP) is 8.40. The summed E-state index contributed by atoms with van der Waals surface area (Å²) in [5.41, 5.74) is 0. The number of ether oxygens (including phenoxy) is 1. The van der Waals surface area contributed by atoms with Gasteiger partial charge in [-0.2, -0.15) is 0 Å². The van der Waals surface area contributed by atoms with Crippen molar-refractivity contribution < 1.29 is 67.1 Å². The molecule has 7 heterocycles. The topological polar surface area (TPSA) is 283 Å². The van der Waals surface area contributed by atoms with Crippen LogP contribution in [-0.2, 0) is 67.1 Å². The van der Waals surface area contributed by atoms with Crippen molar-refractivity contribution in [3.8, 4) is 0 Å². The quantitative estimate of drug-likeness (QED) is 0.0589. The number of unbranched alkanes of at least 4 members (excludes halogenated alkanes) is 4. The Morgan fingerprint density at radius 3 is 0.541 bits per heavy atom. The van der Waals surface area contributed by atoms with Crippen LogP contribution in [0.3, 0.4) is 0 Å². The summed E-state index contributed by atoms with van der Waals surface area (Å²) in [6.07, 6.45) is 12.3. The number of carbonyl (C=O) groups is 13. The predicted molar refractivity (Wildman–Crippen MR) is 496 cm³/mol. The van der Waals surface area contributed by atoms with Crippen molar-refractivity contribution in [2.45, 2.75) is 249 Å². The summed E-state index contributed by atoms with van der Waals surface area (Å²) in [5.74, 6) is 0.836. The molecule has 0 aromatic rings. The Balaban J connectivity index is -0.000000638. The number of rotatable bonds is 31. The zero-order chi connectivity index (χ0) is 93.3. The Hall–Kier alpha value is -6.25. The molecule has 0 spiro atoms. The first-order valence-electron chi connectivity index (χ1n) is 47.0. The van der Waals surface area contributed by atoms with E-state index in [1.807, 2.05) is 73.0 Å². The second-order valence-electron chi connectivity index (χ2n) is 31.8. The highest BCUT2D eigenvalue weighted by atomic mass is 16.5. The van der Waals surface area contributed by atoms with E-state index in [2.05, 4.69) is 118 Å². The molecule has 0 N–H and O–H groups in total. The molecule has 0 radical (unpaired) electrons. The van der Waals surface area contributed by atoms with Gasteiger partial charge < -0.3 is 73.3 Å². The third-order valence-corrected chi connectivity index (χ3v) is 21.7. The standard InChI is InChI=1S/2C11H18N2O3.3C10H18N2O2.C9H18N2O.C9H21N.C8H18N2.C5H13N.C5H12.C4H10O/c1-9(14)7-11(16)13-5-3-12(4-6-13)8-10(2)15;1-3-10(15)12-4-6-13(7-5-12)11(16)8-9(2)14;1-3-11-4-6-12(7-5-11)10(14)8-9(2)13;1-3-10(14)12-6-4-11(5-7-12)8-9(2)13;1-3-9(13)11-5-7-12(8-6-11)10(14)4-2;1-3-9(12)11-7-5-10(4-2)6-8-11;1-4-6-8-10(3)9-7-5-2;1-3-9-5-7-10(4-2)8-6-9;1-4-6(3)5-2;2*1-3-5-4-2/h2*3-8H2,1-2H3;3*3-8H2,1-2H3;3-8H2,1-2H3;4-9H2,1-3H3;3-8H2,1-2H3;4-5H2,1-3H3;3-5H2,1-2H3;3-4H2,1-2H3. The fraction of sp³-hybridized carbons (Fsp3) is 0.859. The van der Waals surface area contributed by atoms with E-state index < -0.39 is 0 Å². The van der Waals surface area contributed by atoms with Gasteiger partial charge in [-0.1, -0.05) is 136 Å². The Kier molecular flexibility index (Phi) is 79.4. The zero-order valence-corrected chi connectivity index (χ0v) is 82.3. The maximum atomic E-state index is 11.6. The van der Waals surface area contributed by atoms with Gasteiger partial charge >= 0.3 is 0 Å². The zero-order valence-electron chi connectivity index (χ0n) is 82.3. The first-order valence-corrected chi connectivity index (χ1v) is 47.0. The lowest BCUT2D eigenvalue weighted by Crippen LogP contribution is -2.50. The van der Waals surface area contributed by atoms with Gasteiger partial charge in [0.2, 0.25) is 47.3 Å². The highest BCUT2D eigenvalue weighted by molar-refractivity contribution is 5.98. The third-order valence-electron chi connectivity index (χ3n) is 21.7. The fourth-order valence-corrected chi connectivity index (χ4v) is 13.2. The summed E-state index contributed by atoms with van der Waals surface area (Å²) >= 11 is 0. The van der Waals surface area contributed by atoms with Crippen molar-refractivity contribution in [3.05, 3.63) is 0 Å². The Labute approximate surface area is 742 Å². The normalized spacial score (nSPS) is 16.4. The van der Waals surface area contributed by atoms with Crippen LogP contribution in [0.2, 0.25) is 0 Å². The SMILES string of the molecule is CC(=O)CC(=O)N1CCN(CC(C)=O)CC1.CCC(=O)N1CCN(C(=O)CC(C)=O)CC1.CCC(=O)N1CCN(C(=O)CC)CC1.CCC(=O)N1CCN(CC(C)=O)CC1.CCC(=O)N1CCN(CC)CC1.CCCCC.CCCCN(C)CCCC.CCN(C)CC.CCN1CCN(C(=O)CC(C)=O)CC1.CCN1CCN(CC)CC1.CCOCC. The van der Waals surface area contributed by atoms with E-state index in [1.54, 1.807) is 33.4 Å². The Bertz CT molecular complexity index is 2690. The summed E-state index contributed by atoms with van der Waals surface area (Å²) < 4.78 is 4.83. The van der Waals surface area contributed by atoms with Crippen molar-refractivity contribution in [1.29, 1.82) is 0 Å². The van der Waals surface area contributed by atoms with Crippen LogP contribution >= 0.6 is 0 Å². The van der Waals surface area contributed by atoms with Crippen LogP contribution < -0.4 is 0 Å². The van der Waals surface area contributed by atoms with Crippen LogP contribution in [0.4, 0.5) is 0 Å². The summed E-state index contributed by atoms with van der Waals surface area (Å²) in [6.45, 7) is 78.1. The molecule has 0 aromatic carbocycles. The average Bonchev–Trinajstić information content (AvgIpc) is 0.878. The largest absolute Gasteiger partial charge is 0.382 e. The maximum Gasteiger partial charge on any atom is 0.230 e. The molecule has 714 valence electrons. The van der Waals surface area contributed by atoms with Gasteiger partial charge in [0.25, 0.3) is 0 Å². The lowest BCUT2D eigenvalue weighted by molar-refractivity contribution is -0.141. The summed E-state index contributed by atoms with van der Waals surface area (Å²) in [4.78, 5) is 178. The van der Waals surface area contributed by atoms with Crippen molar-refractivity contribution in [1.82, 2.24) is 78.4 Å². The summed E-state index contributed by atoms with van der Waals surface area (Å²) in [5, 5.41) is 0. The van der Waals surface area contributed by atoms with Gasteiger partial charge in [0.15, 0.2) is 0 Å². The van der Waals surface area contributed by atoms with E-state index in [-0.39, 0.29) is 89.5 Å². The number of ketones is 5. The molecular formula is C92H182N16O14. The van der Waals surface area contributed by atoms with Gasteiger partial charge in [-0.3, -0.25) is 72.1 Å². The second kappa shape index (κ2) is 79.4. The van der Waals surface area contributed by atoms with Gasteiger partial charge in [0.1, 0.15) is 28.9 Å². The van der Waals surface area contributed by atoms with Crippen molar-refractivity contribution in [2.24, 2.45) is 0 Å². The Morgan fingerprint density at radius 2 is 0.410 bits per heavy atom. The number of likely N-dealkylation sites (N-methyl/N-ethyl adjacent to an activating group) is 4. The molecule has 7 fully saturated rings. The average molecular weight is 1740 g/mol. The first kappa shape index (κ1) is 122. The van der Waals surface area contributed by atoms with E-state index in [4.69, 9.17) is 4.74 Å². The van der Waals surface area contributed by atoms with Gasteiger partial charge in [0.05, 0.1) is 32.4 Å². The summed E-state index contributed by atoms with van der Waals surface area (Å²) in [7, 11) is 4.32. The summed E-state index contributed by atoms with van der Waals surface area (Å²) in [6, 6.07) is 0. The maximum absolute atomic E-state index is 11.6. The molecule has 30 nitrogen and oxygen atoms in total. The molecule has 0 bridgehead atoms. The fourth-order valence-electron chi connectivity index (χ4n) is 13.2. The van der Waals surface area contributed by atoms with Crippen LogP contribution in [0.25, 0.3) is 0 Å². The molecule has 0 saturated carbocycles. The first-order chi connectivity index (χ1) is 58.1. The molecule has 7 aliphatic rings. The molecule has 122 heavy (non-hydrogen) atoms. The number of Topliss-reactive ketones (excluding diaryl/α,β-unsaturated/α-hetero) is 5. The van der Waals surface area contributed by atoms with E-state index in [1.165, 1.54) is 118 Å². The van der Waals surface area contributed by atoms with Crippen molar-refractivity contribution >= 4 is 76.2 Å². The van der Waals surface area contributed by atoms with E-state index >= 15 is 0 Å². The highest BCUT2D eigenvalue weighted by Crippen LogP contribution is 2.11. The van der Waals surface area contributed by atoms with Crippen molar-refractivity contribution in [3.63, 3.8) is 0 Å². The minimum atomic E-state index is -0.129. The third kappa shape index (κ3) is 64.5. The number of nitrogens with zero attached hydrogens (tertiary/aromatic N) is 16. The van der Waals surface area contributed by atoms with Crippen LogP contribution in [0.5, 0.6) is 0 Å². The number of hydrogen-bond donors (Lipinski definition) is 0. The molecular weight excluding hydrogens is 1550 g/mol. The Morgan fingerprint density at radius 1 is 0.230 bits per heavy atom. The minimum Gasteiger partial charge on any atom is -0.382 e. The van der Waals surface area contributed by atoms with Crippen LogP contribution in [0.1, 0.15) is 249 Å². The number of carbonyl (C=O) groups excluding carboxylic acids is 13. The number of piperazine rings is 7. The van der Waals surface area contributed by atoms with Gasteiger partial charge in [0, 0.05) is 229 Å². The van der Waals surface area contributed by atoms with Crippen LogP contribution in [0.15, 0.2) is 0 Å². The van der Waals surface area contributed by atoms with Crippen LogP contribution in [0, 0.1) is 0 Å². The van der Waals surface area contributed by atoms with Gasteiger partial charge in [-0.05, 0) is 128 Å². The minimum absolute atomic E-state index is 0.00723. The molecule has 0 unspecified atom stereocenters. The van der Waals surface area contributed by atoms with E-state index in [0.717, 1.165) is 118 Å². The smallest absolute Gasteiger partial charge is 0.230 e. The van der Waals surface area contributed by atoms with Gasteiger partial charge in [-0.25, -0.2) is 0 Å². The molecule has 7 rings (SSSR count). The molecule has 0 aliphatic carbocycles. The van der Waals surface area contributed by atoms with E-state index in [9.17, 15) is 62.3 Å². The molecule has 8 amide bonds. The molecule has 30 heteroatoms. The molecule has 0 aromatic heterocycles. The molecule has 7 saturated heterocycles. The molecule has 7 aliphatic heterocycles. The lowest BCUT2D eigenvalue weighted by atomic mass is 10.2. The second-order valence-corrected chi connectivity index (χ2v) is 31.8. The lowest BCUT2D eigenvalue weighted by Gasteiger charge is -2.34. The number of hydrogen-bond acceptors (Lipinski definition) is 22. The number of amides is 8. The van der Waals surface area contributed by atoms with Crippen molar-refractivity contribution in [2.75, 3.05) is 276 Å². The monoisotopic (exact) mass is 1740 g/mol. The molecule has 0 atom stereocenters. The van der Waals surface area contributed by atoms with E-state index in [0.29, 0.717) is 130 Å². The highest BCUT2D eigenvalue weighted by Gasteiger charge is 2.28. The van der Waals surface area contributed by atoms with Gasteiger partial charge in [-0.15, -0.1) is 0 Å².